The Hall–Kier alpha value is -1.13. The van der Waals surface area contributed by atoms with E-state index in [0.29, 0.717) is 10.7 Å². The van der Waals surface area contributed by atoms with Gasteiger partial charge in [-0.1, -0.05) is 11.6 Å². The summed E-state index contributed by atoms with van der Waals surface area (Å²) in [7, 11) is 0. The van der Waals surface area contributed by atoms with Crippen molar-refractivity contribution in [3.63, 3.8) is 0 Å². The number of nitrogens with zero attached hydrogens (tertiary/aromatic N) is 3. The predicted molar refractivity (Wildman–Crippen MR) is 69.7 cm³/mol. The number of pyridine rings is 1. The van der Waals surface area contributed by atoms with Gasteiger partial charge in [0.2, 0.25) is 0 Å². The van der Waals surface area contributed by atoms with Crippen LogP contribution < -0.4 is 0 Å². The van der Waals surface area contributed by atoms with Crippen LogP contribution in [-0.2, 0) is 0 Å². The number of hydrogen-bond acceptors (Lipinski definition) is 3. The third kappa shape index (κ3) is 2.35. The molecule has 18 heavy (non-hydrogen) atoms. The second kappa shape index (κ2) is 4.86. The molecule has 1 aromatic heterocycles. The van der Waals surface area contributed by atoms with E-state index in [-0.39, 0.29) is 5.91 Å². The minimum absolute atomic E-state index is 0.00328. The average molecular weight is 266 g/mol. The zero-order chi connectivity index (χ0) is 12.5. The molecule has 1 aliphatic carbocycles. The van der Waals surface area contributed by atoms with E-state index in [4.69, 9.17) is 11.6 Å². The molecule has 4 nitrogen and oxygen atoms in total. The maximum atomic E-state index is 12.3. The summed E-state index contributed by atoms with van der Waals surface area (Å²) in [5, 5.41) is 0.298. The topological polar surface area (TPSA) is 36.4 Å². The van der Waals surface area contributed by atoms with Gasteiger partial charge in [-0.05, 0) is 25.0 Å². The number of piperazine rings is 1. The van der Waals surface area contributed by atoms with Crippen molar-refractivity contribution in [1.29, 1.82) is 0 Å². The lowest BCUT2D eigenvalue weighted by Crippen LogP contribution is -2.49. The molecule has 0 atom stereocenters. The first kappa shape index (κ1) is 11.9. The van der Waals surface area contributed by atoms with E-state index in [0.717, 1.165) is 32.2 Å². The average Bonchev–Trinajstić information content (AvgIpc) is 3.23. The molecule has 96 valence electrons. The van der Waals surface area contributed by atoms with Crippen molar-refractivity contribution in [2.75, 3.05) is 26.2 Å². The van der Waals surface area contributed by atoms with Gasteiger partial charge in [-0.2, -0.15) is 0 Å². The van der Waals surface area contributed by atoms with E-state index in [1.54, 1.807) is 18.3 Å². The van der Waals surface area contributed by atoms with Crippen LogP contribution in [0.3, 0.4) is 0 Å². The standard InChI is InChI=1S/C13H16ClN3O/c14-12-11(2-1-5-15-12)13(18)17-8-6-16(7-9-17)10-3-4-10/h1-2,5,10H,3-4,6-9H2. The van der Waals surface area contributed by atoms with Crippen LogP contribution in [0, 0.1) is 0 Å². The van der Waals surface area contributed by atoms with E-state index in [9.17, 15) is 4.79 Å². The van der Waals surface area contributed by atoms with Crippen LogP contribution in [0.25, 0.3) is 0 Å². The molecule has 1 amide bonds. The molecule has 0 radical (unpaired) electrons. The van der Waals surface area contributed by atoms with Gasteiger partial charge in [0, 0.05) is 38.4 Å². The molecule has 0 bridgehead atoms. The molecule has 5 heteroatoms. The third-order valence-corrected chi connectivity index (χ3v) is 3.96. The fourth-order valence-electron chi connectivity index (χ4n) is 2.45. The van der Waals surface area contributed by atoms with Crippen LogP contribution in [0.15, 0.2) is 18.3 Å². The van der Waals surface area contributed by atoms with E-state index >= 15 is 0 Å². The van der Waals surface area contributed by atoms with Gasteiger partial charge >= 0.3 is 0 Å². The van der Waals surface area contributed by atoms with Crippen molar-refractivity contribution >= 4 is 17.5 Å². The SMILES string of the molecule is O=C(c1cccnc1Cl)N1CCN(C2CC2)CC1. The van der Waals surface area contributed by atoms with Gasteiger partial charge in [0.05, 0.1) is 5.56 Å². The summed E-state index contributed by atoms with van der Waals surface area (Å²) >= 11 is 5.96. The highest BCUT2D eigenvalue weighted by atomic mass is 35.5. The Labute approximate surface area is 112 Å². The van der Waals surface area contributed by atoms with Gasteiger partial charge in [-0.15, -0.1) is 0 Å². The first-order valence-electron chi connectivity index (χ1n) is 6.39. The van der Waals surface area contributed by atoms with Gasteiger partial charge in [0.15, 0.2) is 0 Å². The van der Waals surface area contributed by atoms with Crippen LogP contribution in [0.1, 0.15) is 23.2 Å². The number of carbonyl (C=O) groups is 1. The predicted octanol–water partition coefficient (Wildman–Crippen LogP) is 1.66. The van der Waals surface area contributed by atoms with E-state index < -0.39 is 0 Å². The van der Waals surface area contributed by atoms with Crippen molar-refractivity contribution in [3.8, 4) is 0 Å². The number of aromatic nitrogens is 1. The second-order valence-electron chi connectivity index (χ2n) is 4.90. The van der Waals surface area contributed by atoms with Gasteiger partial charge in [-0.25, -0.2) is 4.98 Å². The fraction of sp³-hybridized carbons (Fsp3) is 0.538. The van der Waals surface area contributed by atoms with Crippen molar-refractivity contribution in [2.45, 2.75) is 18.9 Å². The van der Waals surface area contributed by atoms with Crippen molar-refractivity contribution in [3.05, 3.63) is 29.0 Å². The number of carbonyl (C=O) groups excluding carboxylic acids is 1. The molecule has 0 aromatic carbocycles. The molecule has 1 aromatic rings. The van der Waals surface area contributed by atoms with Gasteiger partial charge in [0.1, 0.15) is 5.15 Å². The van der Waals surface area contributed by atoms with Crippen molar-refractivity contribution < 1.29 is 4.79 Å². The first-order valence-corrected chi connectivity index (χ1v) is 6.77. The summed E-state index contributed by atoms with van der Waals surface area (Å²) < 4.78 is 0. The summed E-state index contributed by atoms with van der Waals surface area (Å²) in [4.78, 5) is 20.6. The smallest absolute Gasteiger partial charge is 0.257 e. The minimum Gasteiger partial charge on any atom is -0.336 e. The molecule has 2 heterocycles. The lowest BCUT2D eigenvalue weighted by atomic mass is 10.2. The van der Waals surface area contributed by atoms with E-state index in [1.165, 1.54) is 12.8 Å². The number of rotatable bonds is 2. The summed E-state index contributed by atoms with van der Waals surface area (Å²) in [6.07, 6.45) is 4.24. The maximum absolute atomic E-state index is 12.3. The fourth-order valence-corrected chi connectivity index (χ4v) is 2.65. The quantitative estimate of drug-likeness (QED) is 0.763. The van der Waals surface area contributed by atoms with Crippen LogP contribution in [-0.4, -0.2) is 52.9 Å². The van der Waals surface area contributed by atoms with Crippen LogP contribution in [0.4, 0.5) is 0 Å². The van der Waals surface area contributed by atoms with E-state index in [2.05, 4.69) is 9.88 Å². The summed E-state index contributed by atoms with van der Waals surface area (Å²) in [5.41, 5.74) is 0.513. The molecular formula is C13H16ClN3O. The number of halogens is 1. The summed E-state index contributed by atoms with van der Waals surface area (Å²) in [6, 6.07) is 4.27. The Morgan fingerprint density at radius 1 is 1.28 bits per heavy atom. The van der Waals surface area contributed by atoms with Crippen LogP contribution in [0.2, 0.25) is 5.15 Å². The Bertz CT molecular complexity index is 453. The highest BCUT2D eigenvalue weighted by molar-refractivity contribution is 6.32. The van der Waals surface area contributed by atoms with Gasteiger partial charge in [-0.3, -0.25) is 9.69 Å². The Kier molecular flexibility index (Phi) is 3.22. The molecule has 0 spiro atoms. The zero-order valence-corrected chi connectivity index (χ0v) is 10.9. The number of hydrogen-bond donors (Lipinski definition) is 0. The molecule has 1 saturated heterocycles. The highest BCUT2D eigenvalue weighted by Gasteiger charge is 2.32. The maximum Gasteiger partial charge on any atom is 0.257 e. The Morgan fingerprint density at radius 3 is 2.61 bits per heavy atom. The van der Waals surface area contributed by atoms with E-state index in [1.807, 2.05) is 4.90 Å². The number of amides is 1. The molecule has 2 fully saturated rings. The largest absolute Gasteiger partial charge is 0.336 e. The van der Waals surface area contributed by atoms with Gasteiger partial charge in [0.25, 0.3) is 5.91 Å². The lowest BCUT2D eigenvalue weighted by Gasteiger charge is -2.34. The molecule has 1 saturated carbocycles. The Balaban J connectivity index is 1.65. The van der Waals surface area contributed by atoms with Crippen molar-refractivity contribution in [2.24, 2.45) is 0 Å². The zero-order valence-electron chi connectivity index (χ0n) is 10.2. The highest BCUT2D eigenvalue weighted by Crippen LogP contribution is 2.27. The summed E-state index contributed by atoms with van der Waals surface area (Å²) in [5.74, 6) is 0.00328. The lowest BCUT2D eigenvalue weighted by molar-refractivity contribution is 0.0627. The molecule has 0 unspecified atom stereocenters. The van der Waals surface area contributed by atoms with Crippen LogP contribution >= 0.6 is 11.6 Å². The molecule has 3 rings (SSSR count). The minimum atomic E-state index is 0.00328. The van der Waals surface area contributed by atoms with Gasteiger partial charge < -0.3 is 4.90 Å². The molecule has 1 aliphatic heterocycles. The monoisotopic (exact) mass is 265 g/mol. The summed E-state index contributed by atoms with van der Waals surface area (Å²) in [6.45, 7) is 3.55. The molecule has 0 N–H and O–H groups in total. The van der Waals surface area contributed by atoms with Crippen LogP contribution in [0.5, 0.6) is 0 Å². The first-order chi connectivity index (χ1) is 8.75. The molecule has 2 aliphatic rings. The molecular weight excluding hydrogens is 250 g/mol. The second-order valence-corrected chi connectivity index (χ2v) is 5.26. The van der Waals surface area contributed by atoms with Crippen molar-refractivity contribution in [1.82, 2.24) is 14.8 Å². The Morgan fingerprint density at radius 2 is 2.00 bits per heavy atom. The third-order valence-electron chi connectivity index (χ3n) is 3.65. The normalized spacial score (nSPS) is 21.1.